The SMILES string of the molecule is CNC(=O)C1Cc2ccccc2CN1Cc1nc(-c2cccc(C(F)(F)F)c2)no1. The number of fused-ring (bicyclic) bond motifs is 1. The highest BCUT2D eigenvalue weighted by molar-refractivity contribution is 5.82. The lowest BCUT2D eigenvalue weighted by Crippen LogP contribution is -2.49. The average molecular weight is 416 g/mol. The minimum atomic E-state index is -4.45. The van der Waals surface area contributed by atoms with E-state index in [4.69, 9.17) is 4.52 Å². The van der Waals surface area contributed by atoms with Crippen LogP contribution < -0.4 is 5.32 Å². The maximum absolute atomic E-state index is 13.0. The van der Waals surface area contributed by atoms with Crippen LogP contribution in [-0.2, 0) is 30.5 Å². The van der Waals surface area contributed by atoms with E-state index in [0.29, 0.717) is 13.0 Å². The van der Waals surface area contributed by atoms with E-state index in [1.54, 1.807) is 7.05 Å². The number of halogens is 3. The molecule has 1 atom stereocenters. The molecule has 1 unspecified atom stereocenters. The van der Waals surface area contributed by atoms with Gasteiger partial charge in [-0.25, -0.2) is 0 Å². The molecule has 0 saturated heterocycles. The summed E-state index contributed by atoms with van der Waals surface area (Å²) < 4.78 is 44.2. The first-order valence-electron chi connectivity index (χ1n) is 9.38. The van der Waals surface area contributed by atoms with Gasteiger partial charge in [0.05, 0.1) is 18.2 Å². The minimum Gasteiger partial charge on any atom is -0.358 e. The Morgan fingerprint density at radius 2 is 1.97 bits per heavy atom. The van der Waals surface area contributed by atoms with Crippen LogP contribution in [0.25, 0.3) is 11.4 Å². The molecule has 1 aliphatic rings. The number of benzene rings is 2. The van der Waals surface area contributed by atoms with Crippen LogP contribution in [0.15, 0.2) is 53.1 Å². The lowest BCUT2D eigenvalue weighted by atomic mass is 9.93. The van der Waals surface area contributed by atoms with Crippen molar-refractivity contribution in [2.45, 2.75) is 31.7 Å². The smallest absolute Gasteiger partial charge is 0.358 e. The third-order valence-electron chi connectivity index (χ3n) is 5.15. The standard InChI is InChI=1S/C21H19F3N4O2/c1-25-20(29)17-10-13-5-2-3-6-15(13)11-28(17)12-18-26-19(27-30-18)14-7-4-8-16(9-14)21(22,23)24/h2-9,17H,10-12H2,1H3,(H,25,29). The second-order valence-corrected chi connectivity index (χ2v) is 7.10. The van der Waals surface area contributed by atoms with E-state index in [2.05, 4.69) is 15.5 Å². The topological polar surface area (TPSA) is 71.3 Å². The molecule has 156 valence electrons. The number of hydrogen-bond donors (Lipinski definition) is 1. The predicted octanol–water partition coefficient (Wildman–Crippen LogP) is 3.43. The monoisotopic (exact) mass is 416 g/mol. The fraction of sp³-hybridized carbons (Fsp3) is 0.286. The molecule has 0 saturated carbocycles. The Labute approximate surface area is 170 Å². The number of alkyl halides is 3. The Morgan fingerprint density at radius 1 is 1.20 bits per heavy atom. The van der Waals surface area contributed by atoms with Gasteiger partial charge in [0.25, 0.3) is 0 Å². The van der Waals surface area contributed by atoms with Crippen molar-refractivity contribution in [2.75, 3.05) is 7.05 Å². The molecule has 4 rings (SSSR count). The van der Waals surface area contributed by atoms with Gasteiger partial charge in [-0.2, -0.15) is 18.2 Å². The molecular formula is C21H19F3N4O2. The molecule has 0 fully saturated rings. The number of rotatable bonds is 4. The Bertz CT molecular complexity index is 1060. The molecule has 0 radical (unpaired) electrons. The molecular weight excluding hydrogens is 397 g/mol. The Kier molecular flexibility index (Phi) is 5.29. The zero-order valence-electron chi connectivity index (χ0n) is 16.1. The van der Waals surface area contributed by atoms with Crippen LogP contribution in [0.4, 0.5) is 13.2 Å². The van der Waals surface area contributed by atoms with Crippen LogP contribution in [0.2, 0.25) is 0 Å². The van der Waals surface area contributed by atoms with E-state index in [-0.39, 0.29) is 29.7 Å². The number of amides is 1. The van der Waals surface area contributed by atoms with Crippen LogP contribution >= 0.6 is 0 Å². The molecule has 1 amide bonds. The summed E-state index contributed by atoms with van der Waals surface area (Å²) in [5, 5.41) is 6.51. The van der Waals surface area contributed by atoms with E-state index in [1.165, 1.54) is 12.1 Å². The van der Waals surface area contributed by atoms with Crippen molar-refractivity contribution >= 4 is 5.91 Å². The first-order valence-corrected chi connectivity index (χ1v) is 9.38. The molecule has 0 spiro atoms. The fourth-order valence-corrected chi connectivity index (χ4v) is 3.61. The summed E-state index contributed by atoms with van der Waals surface area (Å²) in [7, 11) is 1.58. The summed E-state index contributed by atoms with van der Waals surface area (Å²) in [5.41, 5.74) is 1.65. The van der Waals surface area contributed by atoms with E-state index >= 15 is 0 Å². The zero-order valence-corrected chi connectivity index (χ0v) is 16.1. The van der Waals surface area contributed by atoms with Crippen LogP contribution in [0.1, 0.15) is 22.6 Å². The Balaban J connectivity index is 1.57. The summed E-state index contributed by atoms with van der Waals surface area (Å²) in [6.45, 7) is 0.730. The largest absolute Gasteiger partial charge is 0.416 e. The van der Waals surface area contributed by atoms with Gasteiger partial charge in [0.2, 0.25) is 17.6 Å². The summed E-state index contributed by atoms with van der Waals surface area (Å²) in [6.07, 6.45) is -3.91. The second-order valence-electron chi connectivity index (χ2n) is 7.10. The van der Waals surface area contributed by atoms with Gasteiger partial charge in [0.15, 0.2) is 0 Å². The van der Waals surface area contributed by atoms with E-state index in [9.17, 15) is 18.0 Å². The molecule has 3 aromatic rings. The number of nitrogens with zero attached hydrogens (tertiary/aromatic N) is 3. The second kappa shape index (κ2) is 7.91. The molecule has 1 N–H and O–H groups in total. The van der Waals surface area contributed by atoms with E-state index in [1.807, 2.05) is 29.2 Å². The number of hydrogen-bond acceptors (Lipinski definition) is 5. The first-order chi connectivity index (χ1) is 14.3. The van der Waals surface area contributed by atoms with Gasteiger partial charge < -0.3 is 9.84 Å². The summed E-state index contributed by atoms with van der Waals surface area (Å²) in [4.78, 5) is 18.6. The van der Waals surface area contributed by atoms with Gasteiger partial charge in [-0.1, -0.05) is 41.6 Å². The molecule has 6 nitrogen and oxygen atoms in total. The van der Waals surface area contributed by atoms with Crippen LogP contribution in [0.5, 0.6) is 0 Å². The number of carbonyl (C=O) groups excluding carboxylic acids is 1. The third kappa shape index (κ3) is 4.06. The molecule has 0 bridgehead atoms. The van der Waals surface area contributed by atoms with Crippen LogP contribution in [0.3, 0.4) is 0 Å². The van der Waals surface area contributed by atoms with Crippen molar-refractivity contribution in [2.24, 2.45) is 0 Å². The van der Waals surface area contributed by atoms with Gasteiger partial charge in [-0.05, 0) is 29.7 Å². The molecule has 1 aliphatic heterocycles. The van der Waals surface area contributed by atoms with Gasteiger partial charge in [0, 0.05) is 19.2 Å². The maximum atomic E-state index is 13.0. The number of nitrogens with one attached hydrogen (secondary N) is 1. The van der Waals surface area contributed by atoms with Crippen molar-refractivity contribution in [3.8, 4) is 11.4 Å². The summed E-state index contributed by atoms with van der Waals surface area (Å²) in [5.74, 6) is 0.183. The van der Waals surface area contributed by atoms with Gasteiger partial charge in [-0.3, -0.25) is 9.69 Å². The van der Waals surface area contributed by atoms with Crippen molar-refractivity contribution in [1.29, 1.82) is 0 Å². The van der Waals surface area contributed by atoms with Crippen molar-refractivity contribution < 1.29 is 22.5 Å². The van der Waals surface area contributed by atoms with E-state index in [0.717, 1.165) is 23.3 Å². The quantitative estimate of drug-likeness (QED) is 0.706. The molecule has 2 heterocycles. The van der Waals surface area contributed by atoms with Gasteiger partial charge in [0.1, 0.15) is 0 Å². The summed E-state index contributed by atoms with van der Waals surface area (Å²) >= 11 is 0. The predicted molar refractivity (Wildman–Crippen MR) is 102 cm³/mol. The lowest BCUT2D eigenvalue weighted by molar-refractivity contribution is -0.137. The molecule has 0 aliphatic carbocycles. The molecule has 30 heavy (non-hydrogen) atoms. The average Bonchev–Trinajstić information content (AvgIpc) is 3.21. The van der Waals surface area contributed by atoms with Crippen molar-refractivity contribution in [3.05, 3.63) is 71.1 Å². The number of likely N-dealkylation sites (N-methyl/N-ethyl adjacent to an activating group) is 1. The molecule has 1 aromatic heterocycles. The first kappa shape index (κ1) is 20.1. The van der Waals surface area contributed by atoms with Gasteiger partial charge in [-0.15, -0.1) is 0 Å². The van der Waals surface area contributed by atoms with Gasteiger partial charge >= 0.3 is 6.18 Å². The molecule has 9 heteroatoms. The number of carbonyl (C=O) groups is 1. The minimum absolute atomic E-state index is 0.0741. The Morgan fingerprint density at radius 3 is 2.70 bits per heavy atom. The van der Waals surface area contributed by atoms with Crippen LogP contribution in [-0.4, -0.2) is 34.0 Å². The lowest BCUT2D eigenvalue weighted by Gasteiger charge is -2.34. The molecule has 2 aromatic carbocycles. The fourth-order valence-electron chi connectivity index (χ4n) is 3.61. The normalized spacial score (nSPS) is 16.9. The van der Waals surface area contributed by atoms with Crippen LogP contribution in [0, 0.1) is 0 Å². The van der Waals surface area contributed by atoms with E-state index < -0.39 is 17.8 Å². The third-order valence-corrected chi connectivity index (χ3v) is 5.15. The summed E-state index contributed by atoms with van der Waals surface area (Å²) in [6, 6.07) is 12.2. The number of aromatic nitrogens is 2. The highest BCUT2D eigenvalue weighted by atomic mass is 19.4. The van der Waals surface area contributed by atoms with Crippen molar-refractivity contribution in [3.63, 3.8) is 0 Å². The highest BCUT2D eigenvalue weighted by Gasteiger charge is 2.33. The van der Waals surface area contributed by atoms with Crippen molar-refractivity contribution in [1.82, 2.24) is 20.4 Å². The Hall–Kier alpha value is -3.20. The zero-order chi connectivity index (χ0) is 21.3. The maximum Gasteiger partial charge on any atom is 0.416 e. The highest BCUT2D eigenvalue weighted by Crippen LogP contribution is 2.31.